The molecule has 1 N–H and O–H groups in total. The fourth-order valence-corrected chi connectivity index (χ4v) is 2.17. The maximum Gasteiger partial charge on any atom is 0.124 e. The number of phenols is 1. The second-order valence-corrected chi connectivity index (χ2v) is 4.31. The van der Waals surface area contributed by atoms with E-state index in [1.165, 1.54) is 0 Å². The standard InChI is InChI=1S/C14H12Cl2O/c15-8-12-6-11(7-13(9-16)14(12)17)10-4-2-1-3-5-10/h1-7,17H,8-9H2. The normalized spacial score (nSPS) is 10.5. The Morgan fingerprint density at radius 3 is 1.82 bits per heavy atom. The topological polar surface area (TPSA) is 20.2 Å². The Morgan fingerprint density at radius 1 is 0.824 bits per heavy atom. The van der Waals surface area contributed by atoms with Gasteiger partial charge in [-0.15, -0.1) is 23.2 Å². The summed E-state index contributed by atoms with van der Waals surface area (Å²) in [5.41, 5.74) is 3.53. The molecule has 0 unspecified atom stereocenters. The van der Waals surface area contributed by atoms with Crippen molar-refractivity contribution in [3.63, 3.8) is 0 Å². The summed E-state index contributed by atoms with van der Waals surface area (Å²) >= 11 is 11.6. The zero-order valence-electron chi connectivity index (χ0n) is 9.16. The third-order valence-electron chi connectivity index (χ3n) is 2.66. The van der Waals surface area contributed by atoms with E-state index in [0.29, 0.717) is 11.1 Å². The number of hydrogen-bond donors (Lipinski definition) is 1. The van der Waals surface area contributed by atoms with Gasteiger partial charge in [-0.25, -0.2) is 0 Å². The first-order valence-corrected chi connectivity index (χ1v) is 6.35. The van der Waals surface area contributed by atoms with Crippen molar-refractivity contribution in [1.29, 1.82) is 0 Å². The summed E-state index contributed by atoms with van der Waals surface area (Å²) in [6, 6.07) is 13.7. The molecule has 0 spiro atoms. The molecule has 0 saturated carbocycles. The van der Waals surface area contributed by atoms with Crippen LogP contribution in [0.3, 0.4) is 0 Å². The smallest absolute Gasteiger partial charge is 0.124 e. The number of rotatable bonds is 3. The second-order valence-electron chi connectivity index (χ2n) is 3.78. The van der Waals surface area contributed by atoms with Gasteiger partial charge >= 0.3 is 0 Å². The summed E-state index contributed by atoms with van der Waals surface area (Å²) in [5.74, 6) is 0.752. The average molecular weight is 267 g/mol. The molecule has 2 aromatic carbocycles. The Kier molecular flexibility index (Phi) is 3.93. The van der Waals surface area contributed by atoms with Crippen LogP contribution in [-0.2, 0) is 11.8 Å². The highest BCUT2D eigenvalue weighted by molar-refractivity contribution is 6.18. The molecule has 0 saturated heterocycles. The molecule has 3 heteroatoms. The van der Waals surface area contributed by atoms with Crippen LogP contribution in [0.25, 0.3) is 11.1 Å². The van der Waals surface area contributed by atoms with E-state index in [9.17, 15) is 5.11 Å². The van der Waals surface area contributed by atoms with Gasteiger partial charge in [0.25, 0.3) is 0 Å². The average Bonchev–Trinajstić information content (AvgIpc) is 2.40. The number of hydrogen-bond acceptors (Lipinski definition) is 1. The van der Waals surface area contributed by atoms with Gasteiger partial charge in [-0.3, -0.25) is 0 Å². The van der Waals surface area contributed by atoms with Gasteiger partial charge in [0.2, 0.25) is 0 Å². The molecule has 2 rings (SSSR count). The first kappa shape index (κ1) is 12.3. The summed E-state index contributed by atoms with van der Waals surface area (Å²) in [6.07, 6.45) is 0. The van der Waals surface area contributed by atoms with Crippen molar-refractivity contribution in [3.05, 3.63) is 53.6 Å². The van der Waals surface area contributed by atoms with Crippen molar-refractivity contribution in [2.24, 2.45) is 0 Å². The largest absolute Gasteiger partial charge is 0.507 e. The molecule has 0 aliphatic rings. The van der Waals surface area contributed by atoms with E-state index >= 15 is 0 Å². The SMILES string of the molecule is Oc1c(CCl)cc(-c2ccccc2)cc1CCl. The Bertz CT molecular complexity index is 484. The number of halogens is 2. The minimum absolute atomic E-state index is 0.203. The third-order valence-corrected chi connectivity index (χ3v) is 3.24. The van der Waals surface area contributed by atoms with Gasteiger partial charge in [-0.1, -0.05) is 30.3 Å². The zero-order chi connectivity index (χ0) is 12.3. The summed E-state index contributed by atoms with van der Waals surface area (Å²) < 4.78 is 0. The lowest BCUT2D eigenvalue weighted by atomic mass is 10.00. The van der Waals surface area contributed by atoms with Crippen molar-refractivity contribution in [3.8, 4) is 16.9 Å². The van der Waals surface area contributed by atoms with Crippen LogP contribution >= 0.6 is 23.2 Å². The van der Waals surface area contributed by atoms with Crippen LogP contribution in [0.5, 0.6) is 5.75 Å². The van der Waals surface area contributed by atoms with Crippen molar-refractivity contribution < 1.29 is 5.11 Å². The molecular weight excluding hydrogens is 255 g/mol. The van der Waals surface area contributed by atoms with Crippen molar-refractivity contribution in [2.45, 2.75) is 11.8 Å². The van der Waals surface area contributed by atoms with E-state index in [2.05, 4.69) is 0 Å². The molecule has 0 aliphatic heterocycles. The fraction of sp³-hybridized carbons (Fsp3) is 0.143. The summed E-state index contributed by atoms with van der Waals surface area (Å²) in [4.78, 5) is 0. The summed E-state index contributed by atoms with van der Waals surface area (Å²) in [6.45, 7) is 0. The van der Waals surface area contributed by atoms with E-state index in [0.717, 1.165) is 11.1 Å². The predicted molar refractivity (Wildman–Crippen MR) is 72.7 cm³/mol. The van der Waals surface area contributed by atoms with Crippen LogP contribution in [0.15, 0.2) is 42.5 Å². The van der Waals surface area contributed by atoms with Crippen molar-refractivity contribution >= 4 is 23.2 Å². The Balaban J connectivity index is 2.56. The van der Waals surface area contributed by atoms with Crippen LogP contribution in [0.1, 0.15) is 11.1 Å². The molecule has 0 fully saturated rings. The monoisotopic (exact) mass is 266 g/mol. The highest BCUT2D eigenvalue weighted by Crippen LogP contribution is 2.31. The molecule has 0 atom stereocenters. The van der Waals surface area contributed by atoms with E-state index in [4.69, 9.17) is 23.2 Å². The minimum Gasteiger partial charge on any atom is -0.507 e. The molecule has 0 amide bonds. The Morgan fingerprint density at radius 2 is 1.35 bits per heavy atom. The predicted octanol–water partition coefficient (Wildman–Crippen LogP) is 4.54. The van der Waals surface area contributed by atoms with Gasteiger partial charge in [0, 0.05) is 11.1 Å². The molecule has 2 aromatic rings. The Hall–Kier alpha value is -1.18. The zero-order valence-corrected chi connectivity index (χ0v) is 10.7. The molecule has 0 aliphatic carbocycles. The van der Waals surface area contributed by atoms with E-state index in [-0.39, 0.29) is 17.5 Å². The van der Waals surface area contributed by atoms with E-state index in [1.54, 1.807) is 0 Å². The van der Waals surface area contributed by atoms with Crippen LogP contribution in [0, 0.1) is 0 Å². The second kappa shape index (κ2) is 5.44. The van der Waals surface area contributed by atoms with E-state index < -0.39 is 0 Å². The number of benzene rings is 2. The summed E-state index contributed by atoms with van der Waals surface area (Å²) in [7, 11) is 0. The van der Waals surface area contributed by atoms with Crippen LogP contribution in [0.2, 0.25) is 0 Å². The molecule has 1 nitrogen and oxygen atoms in total. The van der Waals surface area contributed by atoms with Crippen molar-refractivity contribution in [2.75, 3.05) is 0 Å². The van der Waals surface area contributed by atoms with Crippen LogP contribution in [0.4, 0.5) is 0 Å². The lowest BCUT2D eigenvalue weighted by Gasteiger charge is -2.10. The van der Waals surface area contributed by atoms with Gasteiger partial charge < -0.3 is 5.11 Å². The van der Waals surface area contributed by atoms with E-state index in [1.807, 2.05) is 42.5 Å². The number of phenolic OH excluding ortho intramolecular Hbond substituents is 1. The van der Waals surface area contributed by atoms with Gasteiger partial charge in [0.15, 0.2) is 0 Å². The van der Waals surface area contributed by atoms with Gasteiger partial charge in [0.05, 0.1) is 11.8 Å². The Labute approximate surface area is 111 Å². The van der Waals surface area contributed by atoms with Crippen molar-refractivity contribution in [1.82, 2.24) is 0 Å². The molecular formula is C14H12Cl2O. The number of aromatic hydroxyl groups is 1. The van der Waals surface area contributed by atoms with Gasteiger partial charge in [-0.2, -0.15) is 0 Å². The van der Waals surface area contributed by atoms with Gasteiger partial charge in [0.1, 0.15) is 5.75 Å². The summed E-state index contributed by atoms with van der Waals surface area (Å²) in [5, 5.41) is 9.89. The fourth-order valence-electron chi connectivity index (χ4n) is 1.76. The molecule has 0 bridgehead atoms. The highest BCUT2D eigenvalue weighted by Gasteiger charge is 2.09. The molecule has 17 heavy (non-hydrogen) atoms. The van der Waals surface area contributed by atoms with Gasteiger partial charge in [-0.05, 0) is 23.3 Å². The highest BCUT2D eigenvalue weighted by atomic mass is 35.5. The number of alkyl halides is 2. The molecule has 0 radical (unpaired) electrons. The minimum atomic E-state index is 0.203. The maximum atomic E-state index is 9.89. The lowest BCUT2D eigenvalue weighted by molar-refractivity contribution is 0.466. The first-order chi connectivity index (χ1) is 8.26. The maximum absolute atomic E-state index is 9.89. The molecule has 88 valence electrons. The molecule has 0 aromatic heterocycles. The first-order valence-electron chi connectivity index (χ1n) is 5.28. The quantitative estimate of drug-likeness (QED) is 0.809. The van der Waals surface area contributed by atoms with Crippen LogP contribution in [-0.4, -0.2) is 5.11 Å². The van der Waals surface area contributed by atoms with Crippen LogP contribution < -0.4 is 0 Å². The lowest BCUT2D eigenvalue weighted by Crippen LogP contribution is -1.89. The third kappa shape index (κ3) is 2.56. The molecule has 0 heterocycles.